The first kappa shape index (κ1) is 11.0. The summed E-state index contributed by atoms with van der Waals surface area (Å²) in [5.74, 6) is 0. The molecular formula is C14H12ClNS. The van der Waals surface area contributed by atoms with Crippen LogP contribution in [0.3, 0.4) is 0 Å². The van der Waals surface area contributed by atoms with Gasteiger partial charge >= 0.3 is 0 Å². The predicted octanol–water partition coefficient (Wildman–Crippen LogP) is 4.73. The van der Waals surface area contributed by atoms with E-state index in [1.807, 2.05) is 18.2 Å². The number of hydrogen-bond acceptors (Lipinski definition) is 2. The highest BCUT2D eigenvalue weighted by Crippen LogP contribution is 2.41. The van der Waals surface area contributed by atoms with Gasteiger partial charge in [0.1, 0.15) is 0 Å². The van der Waals surface area contributed by atoms with Crippen molar-refractivity contribution in [2.45, 2.75) is 23.3 Å². The monoisotopic (exact) mass is 261 g/mol. The predicted molar refractivity (Wildman–Crippen MR) is 74.1 cm³/mol. The maximum atomic E-state index is 6.06. The summed E-state index contributed by atoms with van der Waals surface area (Å²) in [7, 11) is 0. The van der Waals surface area contributed by atoms with Crippen LogP contribution in [-0.2, 0) is 6.54 Å². The number of anilines is 1. The number of nitrogens with one attached hydrogen (secondary N) is 1. The molecule has 0 saturated carbocycles. The molecular weight excluding hydrogens is 250 g/mol. The molecule has 0 amide bonds. The lowest BCUT2D eigenvalue weighted by atomic mass is 10.1. The minimum Gasteiger partial charge on any atom is -0.380 e. The molecule has 3 heteroatoms. The van der Waals surface area contributed by atoms with Gasteiger partial charge in [-0.15, -0.1) is 0 Å². The molecule has 0 bridgehead atoms. The second-order valence-electron chi connectivity index (χ2n) is 4.16. The fraction of sp³-hybridized carbons (Fsp3) is 0.143. The Kier molecular flexibility index (Phi) is 2.77. The van der Waals surface area contributed by atoms with E-state index in [2.05, 4.69) is 30.4 Å². The van der Waals surface area contributed by atoms with Crippen LogP contribution in [0.15, 0.2) is 46.2 Å². The molecule has 3 rings (SSSR count). The molecule has 0 fully saturated rings. The Bertz CT molecular complexity index is 580. The maximum absolute atomic E-state index is 6.06. The Balaban J connectivity index is 2.13. The van der Waals surface area contributed by atoms with E-state index in [0.717, 1.165) is 17.3 Å². The summed E-state index contributed by atoms with van der Waals surface area (Å²) in [6, 6.07) is 12.4. The van der Waals surface area contributed by atoms with Crippen LogP contribution in [0, 0.1) is 6.92 Å². The molecule has 0 atom stereocenters. The van der Waals surface area contributed by atoms with Crippen molar-refractivity contribution in [3.8, 4) is 0 Å². The molecule has 17 heavy (non-hydrogen) atoms. The third-order valence-electron chi connectivity index (χ3n) is 2.92. The molecule has 2 aromatic rings. The van der Waals surface area contributed by atoms with Gasteiger partial charge in [-0.1, -0.05) is 41.6 Å². The van der Waals surface area contributed by atoms with E-state index in [9.17, 15) is 0 Å². The van der Waals surface area contributed by atoms with Crippen LogP contribution in [0.1, 0.15) is 11.1 Å². The second-order valence-corrected chi connectivity index (χ2v) is 5.65. The summed E-state index contributed by atoms with van der Waals surface area (Å²) >= 11 is 7.85. The van der Waals surface area contributed by atoms with Crippen molar-refractivity contribution >= 4 is 29.1 Å². The zero-order chi connectivity index (χ0) is 11.8. The molecule has 0 aliphatic carbocycles. The van der Waals surface area contributed by atoms with Crippen molar-refractivity contribution in [2.24, 2.45) is 0 Å². The van der Waals surface area contributed by atoms with E-state index in [1.165, 1.54) is 20.9 Å². The topological polar surface area (TPSA) is 12.0 Å². The Labute approximate surface area is 110 Å². The largest absolute Gasteiger partial charge is 0.380 e. The summed E-state index contributed by atoms with van der Waals surface area (Å²) in [5, 5.41) is 4.24. The van der Waals surface area contributed by atoms with Gasteiger partial charge in [-0.05, 0) is 36.2 Å². The molecule has 0 aromatic heterocycles. The summed E-state index contributed by atoms with van der Waals surface area (Å²) in [6.07, 6.45) is 0. The van der Waals surface area contributed by atoms with Crippen LogP contribution >= 0.6 is 23.4 Å². The lowest BCUT2D eigenvalue weighted by Gasteiger charge is -2.07. The second kappa shape index (κ2) is 4.28. The Morgan fingerprint density at radius 3 is 3.00 bits per heavy atom. The average Bonchev–Trinajstić information content (AvgIpc) is 2.49. The molecule has 1 nitrogen and oxygen atoms in total. The summed E-state index contributed by atoms with van der Waals surface area (Å²) in [6.45, 7) is 3.03. The van der Waals surface area contributed by atoms with Crippen molar-refractivity contribution in [3.05, 3.63) is 52.5 Å². The number of benzene rings is 2. The van der Waals surface area contributed by atoms with E-state index in [0.29, 0.717) is 0 Å². The molecule has 0 spiro atoms. The van der Waals surface area contributed by atoms with Crippen molar-refractivity contribution in [3.63, 3.8) is 0 Å². The Morgan fingerprint density at radius 1 is 1.24 bits per heavy atom. The van der Waals surface area contributed by atoms with Crippen molar-refractivity contribution in [1.82, 2.24) is 0 Å². The van der Waals surface area contributed by atoms with Gasteiger partial charge in [0, 0.05) is 27.0 Å². The van der Waals surface area contributed by atoms with Crippen LogP contribution in [0.4, 0.5) is 5.69 Å². The van der Waals surface area contributed by atoms with E-state index >= 15 is 0 Å². The lowest BCUT2D eigenvalue weighted by molar-refractivity contribution is 1.08. The fourth-order valence-electron chi connectivity index (χ4n) is 2.03. The standard InChI is InChI=1S/C14H12ClNS/c1-9-3-2-4-10-8-16-12-6-5-11(15)7-13(12)17-14(9)10/h2-7,16H,8H2,1H3. The smallest absolute Gasteiger partial charge is 0.0485 e. The van der Waals surface area contributed by atoms with Gasteiger partial charge in [0.05, 0.1) is 0 Å². The lowest BCUT2D eigenvalue weighted by Crippen LogP contribution is -1.98. The third kappa shape index (κ3) is 2.03. The van der Waals surface area contributed by atoms with Gasteiger partial charge in [-0.2, -0.15) is 0 Å². The fourth-order valence-corrected chi connectivity index (χ4v) is 3.42. The van der Waals surface area contributed by atoms with E-state index in [-0.39, 0.29) is 0 Å². The van der Waals surface area contributed by atoms with Gasteiger partial charge in [0.25, 0.3) is 0 Å². The minimum absolute atomic E-state index is 0.787. The summed E-state index contributed by atoms with van der Waals surface area (Å²) < 4.78 is 0. The number of aryl methyl sites for hydroxylation is 1. The Morgan fingerprint density at radius 2 is 2.12 bits per heavy atom. The molecule has 1 N–H and O–H groups in total. The quantitative estimate of drug-likeness (QED) is 0.736. The number of hydrogen-bond donors (Lipinski definition) is 1. The molecule has 0 saturated heterocycles. The molecule has 0 unspecified atom stereocenters. The first-order chi connectivity index (χ1) is 8.24. The highest BCUT2D eigenvalue weighted by Gasteiger charge is 2.14. The average molecular weight is 262 g/mol. The molecule has 86 valence electrons. The SMILES string of the molecule is Cc1cccc2c1Sc1cc(Cl)ccc1NC2. The first-order valence-electron chi connectivity index (χ1n) is 5.54. The van der Waals surface area contributed by atoms with Crippen molar-refractivity contribution in [2.75, 3.05) is 5.32 Å². The van der Waals surface area contributed by atoms with E-state index in [4.69, 9.17) is 11.6 Å². The zero-order valence-corrected chi connectivity index (χ0v) is 11.0. The molecule has 1 aliphatic rings. The van der Waals surface area contributed by atoms with Gasteiger partial charge in [0.15, 0.2) is 0 Å². The maximum Gasteiger partial charge on any atom is 0.0485 e. The highest BCUT2D eigenvalue weighted by molar-refractivity contribution is 7.99. The Hall–Kier alpha value is -1.12. The molecule has 1 heterocycles. The van der Waals surface area contributed by atoms with Crippen LogP contribution < -0.4 is 5.32 Å². The normalized spacial score (nSPS) is 13.3. The number of halogens is 1. The van der Waals surface area contributed by atoms with Gasteiger partial charge in [-0.3, -0.25) is 0 Å². The number of rotatable bonds is 0. The van der Waals surface area contributed by atoms with Crippen LogP contribution in [0.5, 0.6) is 0 Å². The number of fused-ring (bicyclic) bond motifs is 2. The van der Waals surface area contributed by atoms with Crippen LogP contribution in [0.2, 0.25) is 5.02 Å². The highest BCUT2D eigenvalue weighted by atomic mass is 35.5. The van der Waals surface area contributed by atoms with Crippen molar-refractivity contribution in [1.29, 1.82) is 0 Å². The van der Waals surface area contributed by atoms with E-state index in [1.54, 1.807) is 11.8 Å². The minimum atomic E-state index is 0.787. The van der Waals surface area contributed by atoms with Crippen LogP contribution in [-0.4, -0.2) is 0 Å². The zero-order valence-electron chi connectivity index (χ0n) is 9.46. The summed E-state index contributed by atoms with van der Waals surface area (Å²) in [4.78, 5) is 2.55. The van der Waals surface area contributed by atoms with Crippen LogP contribution in [0.25, 0.3) is 0 Å². The summed E-state index contributed by atoms with van der Waals surface area (Å²) in [5.41, 5.74) is 3.83. The van der Waals surface area contributed by atoms with Gasteiger partial charge in [0.2, 0.25) is 0 Å². The van der Waals surface area contributed by atoms with Gasteiger partial charge < -0.3 is 5.32 Å². The van der Waals surface area contributed by atoms with Gasteiger partial charge in [-0.25, -0.2) is 0 Å². The molecule has 0 radical (unpaired) electrons. The molecule has 1 aliphatic heterocycles. The van der Waals surface area contributed by atoms with Crippen molar-refractivity contribution < 1.29 is 0 Å². The third-order valence-corrected chi connectivity index (χ3v) is 4.50. The molecule has 2 aromatic carbocycles. The first-order valence-corrected chi connectivity index (χ1v) is 6.73. The van der Waals surface area contributed by atoms with E-state index < -0.39 is 0 Å².